The van der Waals surface area contributed by atoms with Gasteiger partial charge >= 0.3 is 6.03 Å². The van der Waals surface area contributed by atoms with Crippen molar-refractivity contribution in [1.29, 1.82) is 0 Å². The van der Waals surface area contributed by atoms with Crippen LogP contribution in [0.2, 0.25) is 0 Å². The predicted molar refractivity (Wildman–Crippen MR) is 126 cm³/mol. The SMILES string of the molecule is CN(C)C[C@@H](NC(=O)N1Cc2c(NC(=O)c3ccc(F)cc3)n[nH]c2C1(C)C)c1ccccn1. The van der Waals surface area contributed by atoms with Crippen molar-refractivity contribution in [3.05, 3.63) is 77.0 Å². The third kappa shape index (κ3) is 4.62. The average Bonchev–Trinajstić information content (AvgIpc) is 3.32. The number of aromatic nitrogens is 3. The molecule has 4 rings (SSSR count). The van der Waals surface area contributed by atoms with E-state index in [1.165, 1.54) is 24.3 Å². The second kappa shape index (κ2) is 9.22. The van der Waals surface area contributed by atoms with Crippen LogP contribution < -0.4 is 10.6 Å². The van der Waals surface area contributed by atoms with Gasteiger partial charge in [-0.2, -0.15) is 5.10 Å². The van der Waals surface area contributed by atoms with Gasteiger partial charge in [0, 0.05) is 23.9 Å². The Morgan fingerprint density at radius 1 is 1.21 bits per heavy atom. The standard InChI is InChI=1S/C24H28FN7O2/c1-24(2)20-17(21(30-29-20)28-22(33)15-8-10-16(25)11-9-15)13-32(24)23(34)27-19(14-31(3)4)18-7-5-6-12-26-18/h5-12,19H,13-14H2,1-4H3,(H,27,34)(H2,28,29,30,33)/t19-/m1/s1. The zero-order valence-electron chi connectivity index (χ0n) is 19.6. The van der Waals surface area contributed by atoms with Gasteiger partial charge in [-0.15, -0.1) is 0 Å². The Labute approximate surface area is 197 Å². The van der Waals surface area contributed by atoms with E-state index in [-0.39, 0.29) is 18.6 Å². The van der Waals surface area contributed by atoms with Crippen LogP contribution in [-0.4, -0.2) is 57.6 Å². The molecule has 0 saturated carbocycles. The number of carbonyl (C=O) groups excluding carboxylic acids is 2. The van der Waals surface area contributed by atoms with Crippen molar-refractivity contribution in [2.75, 3.05) is 26.0 Å². The summed E-state index contributed by atoms with van der Waals surface area (Å²) in [5.74, 6) is -0.475. The number of anilines is 1. The maximum atomic E-state index is 13.4. The zero-order chi connectivity index (χ0) is 24.5. The van der Waals surface area contributed by atoms with E-state index in [1.807, 2.05) is 51.0 Å². The van der Waals surface area contributed by atoms with Gasteiger partial charge in [0.2, 0.25) is 0 Å². The lowest BCUT2D eigenvalue weighted by atomic mass is 10.0. The van der Waals surface area contributed by atoms with Gasteiger partial charge in [-0.3, -0.25) is 14.9 Å². The van der Waals surface area contributed by atoms with E-state index >= 15 is 0 Å². The van der Waals surface area contributed by atoms with Crippen LogP contribution in [0.3, 0.4) is 0 Å². The molecular formula is C24H28FN7O2. The highest BCUT2D eigenvalue weighted by Crippen LogP contribution is 2.40. The summed E-state index contributed by atoms with van der Waals surface area (Å²) in [6, 6.07) is 10.3. The molecule has 0 radical (unpaired) electrons. The molecule has 1 aliphatic rings. The van der Waals surface area contributed by atoms with Crippen molar-refractivity contribution < 1.29 is 14.0 Å². The summed E-state index contributed by atoms with van der Waals surface area (Å²) in [5.41, 5.74) is 1.88. The van der Waals surface area contributed by atoms with Crippen LogP contribution in [0.1, 0.15) is 47.2 Å². The number of aromatic amines is 1. The zero-order valence-corrected chi connectivity index (χ0v) is 19.6. The van der Waals surface area contributed by atoms with Crippen LogP contribution in [0.25, 0.3) is 0 Å². The summed E-state index contributed by atoms with van der Waals surface area (Å²) in [6.45, 7) is 4.69. The first-order valence-electron chi connectivity index (χ1n) is 10.9. The van der Waals surface area contributed by atoms with E-state index in [4.69, 9.17) is 0 Å². The van der Waals surface area contributed by atoms with Crippen LogP contribution in [-0.2, 0) is 12.1 Å². The van der Waals surface area contributed by atoms with Gasteiger partial charge in [-0.05, 0) is 64.3 Å². The molecule has 0 aliphatic carbocycles. The lowest BCUT2D eigenvalue weighted by Gasteiger charge is -2.33. The minimum atomic E-state index is -0.682. The molecule has 178 valence electrons. The summed E-state index contributed by atoms with van der Waals surface area (Å²) in [6.07, 6.45) is 1.70. The van der Waals surface area contributed by atoms with Gasteiger partial charge < -0.3 is 20.4 Å². The van der Waals surface area contributed by atoms with Gasteiger partial charge in [0.1, 0.15) is 5.82 Å². The number of nitrogens with zero attached hydrogens (tertiary/aromatic N) is 4. The second-order valence-electron chi connectivity index (χ2n) is 9.05. The topological polar surface area (TPSA) is 106 Å². The third-order valence-corrected chi connectivity index (χ3v) is 5.94. The normalized spacial score (nSPS) is 15.2. The molecule has 0 spiro atoms. The van der Waals surface area contributed by atoms with Gasteiger partial charge in [0.15, 0.2) is 5.82 Å². The maximum Gasteiger partial charge on any atom is 0.319 e. The van der Waals surface area contributed by atoms with Crippen LogP contribution >= 0.6 is 0 Å². The number of amides is 3. The van der Waals surface area contributed by atoms with Crippen molar-refractivity contribution in [3.8, 4) is 0 Å². The van der Waals surface area contributed by atoms with E-state index < -0.39 is 17.3 Å². The number of carbonyl (C=O) groups is 2. The smallest absolute Gasteiger partial charge is 0.319 e. The highest BCUT2D eigenvalue weighted by Gasteiger charge is 2.44. The van der Waals surface area contributed by atoms with Crippen molar-refractivity contribution in [2.45, 2.75) is 32.0 Å². The van der Waals surface area contributed by atoms with Crippen molar-refractivity contribution in [2.24, 2.45) is 0 Å². The van der Waals surface area contributed by atoms with Crippen LogP contribution in [0.15, 0.2) is 48.7 Å². The number of fused-ring (bicyclic) bond motifs is 1. The van der Waals surface area contributed by atoms with Crippen molar-refractivity contribution in [1.82, 2.24) is 30.3 Å². The number of hydrogen-bond acceptors (Lipinski definition) is 5. The Bertz CT molecular complexity index is 1180. The summed E-state index contributed by atoms with van der Waals surface area (Å²) in [5, 5.41) is 13.1. The molecule has 1 atom stereocenters. The monoisotopic (exact) mass is 465 g/mol. The fraction of sp³-hybridized carbons (Fsp3) is 0.333. The Morgan fingerprint density at radius 3 is 2.59 bits per heavy atom. The van der Waals surface area contributed by atoms with E-state index in [0.29, 0.717) is 17.9 Å². The molecule has 34 heavy (non-hydrogen) atoms. The first kappa shape index (κ1) is 23.4. The predicted octanol–water partition coefficient (Wildman–Crippen LogP) is 3.26. The number of halogens is 1. The highest BCUT2D eigenvalue weighted by atomic mass is 19.1. The van der Waals surface area contributed by atoms with Crippen molar-refractivity contribution >= 4 is 17.8 Å². The summed E-state index contributed by atoms with van der Waals surface area (Å²) in [7, 11) is 3.88. The number of hydrogen-bond donors (Lipinski definition) is 3. The van der Waals surface area contributed by atoms with Crippen molar-refractivity contribution in [3.63, 3.8) is 0 Å². The van der Waals surface area contributed by atoms with Gasteiger partial charge in [-0.25, -0.2) is 9.18 Å². The molecule has 10 heteroatoms. The number of benzene rings is 1. The lowest BCUT2D eigenvalue weighted by Crippen LogP contribution is -2.48. The van der Waals surface area contributed by atoms with Gasteiger partial charge in [-0.1, -0.05) is 6.07 Å². The van der Waals surface area contributed by atoms with Crippen LogP contribution in [0, 0.1) is 5.82 Å². The Kier molecular flexibility index (Phi) is 6.34. The molecular weight excluding hydrogens is 437 g/mol. The van der Waals surface area contributed by atoms with E-state index in [0.717, 1.165) is 17.0 Å². The Balaban J connectivity index is 1.52. The van der Waals surface area contributed by atoms with E-state index in [2.05, 4.69) is 25.8 Å². The number of urea groups is 1. The molecule has 9 nitrogen and oxygen atoms in total. The van der Waals surface area contributed by atoms with E-state index in [1.54, 1.807) is 11.1 Å². The number of rotatable bonds is 6. The summed E-state index contributed by atoms with van der Waals surface area (Å²) < 4.78 is 13.2. The Morgan fingerprint density at radius 2 is 1.94 bits per heavy atom. The quantitative estimate of drug-likeness (QED) is 0.518. The first-order chi connectivity index (χ1) is 16.2. The summed E-state index contributed by atoms with van der Waals surface area (Å²) >= 11 is 0. The minimum Gasteiger partial charge on any atom is -0.328 e. The van der Waals surface area contributed by atoms with Gasteiger partial charge in [0.25, 0.3) is 5.91 Å². The molecule has 0 fully saturated rings. The van der Waals surface area contributed by atoms with Crippen LogP contribution in [0.5, 0.6) is 0 Å². The molecule has 2 aromatic heterocycles. The highest BCUT2D eigenvalue weighted by molar-refractivity contribution is 6.04. The maximum absolute atomic E-state index is 13.4. The molecule has 0 saturated heterocycles. The Hall–Kier alpha value is -3.79. The first-order valence-corrected chi connectivity index (χ1v) is 10.9. The number of likely N-dealkylation sites (N-methyl/N-ethyl adjacent to an activating group) is 1. The molecule has 3 aromatic rings. The largest absolute Gasteiger partial charge is 0.328 e. The lowest BCUT2D eigenvalue weighted by molar-refractivity contribution is 0.102. The van der Waals surface area contributed by atoms with E-state index in [9.17, 15) is 14.0 Å². The average molecular weight is 466 g/mol. The number of nitrogens with one attached hydrogen (secondary N) is 3. The fourth-order valence-electron chi connectivity index (χ4n) is 4.11. The van der Waals surface area contributed by atoms with Crippen LogP contribution in [0.4, 0.5) is 15.0 Å². The molecule has 1 aromatic carbocycles. The molecule has 3 N–H and O–H groups in total. The minimum absolute atomic E-state index is 0.247. The molecule has 3 amide bonds. The van der Waals surface area contributed by atoms with Gasteiger partial charge in [0.05, 0.1) is 29.5 Å². The number of H-pyrrole nitrogens is 1. The molecule has 0 bridgehead atoms. The molecule has 3 heterocycles. The summed E-state index contributed by atoms with van der Waals surface area (Å²) in [4.78, 5) is 34.1. The molecule has 0 unspecified atom stereocenters. The fourth-order valence-corrected chi connectivity index (χ4v) is 4.11. The third-order valence-electron chi connectivity index (χ3n) is 5.94. The number of pyridine rings is 1. The molecule has 1 aliphatic heterocycles. The second-order valence-corrected chi connectivity index (χ2v) is 9.05.